The molecule has 0 bridgehead atoms. The van der Waals surface area contributed by atoms with Crippen molar-refractivity contribution in [3.63, 3.8) is 0 Å². The number of carbonyl (C=O) groups excluding carboxylic acids is 1. The molecule has 0 aromatic heterocycles. The lowest BCUT2D eigenvalue weighted by atomic mass is 10.0. The molecule has 104 valence electrons. The third-order valence-corrected chi connectivity index (χ3v) is 4.68. The Hall–Kier alpha value is -0.930. The van der Waals surface area contributed by atoms with Crippen molar-refractivity contribution in [3.05, 3.63) is 71.8 Å². The third-order valence-electron chi connectivity index (χ3n) is 3.13. The zero-order valence-corrected chi connectivity index (χ0v) is 14.2. The molecule has 0 saturated carbocycles. The summed E-state index contributed by atoms with van der Waals surface area (Å²) in [6.45, 7) is 0. The number of hydrogen-bond acceptors (Lipinski definition) is 1. The Balaban J connectivity index is 1.93. The van der Waals surface area contributed by atoms with Gasteiger partial charge in [-0.15, -0.1) is 0 Å². The van der Waals surface area contributed by atoms with Crippen molar-refractivity contribution in [1.29, 1.82) is 0 Å². The summed E-state index contributed by atoms with van der Waals surface area (Å²) in [6.07, 6.45) is 1.44. The molecule has 20 heavy (non-hydrogen) atoms. The van der Waals surface area contributed by atoms with Crippen LogP contribution in [-0.2, 0) is 17.6 Å². The molecule has 0 radical (unpaired) electrons. The van der Waals surface area contributed by atoms with Crippen LogP contribution >= 0.6 is 31.9 Å². The van der Waals surface area contributed by atoms with Crippen LogP contribution in [0.4, 0.5) is 0 Å². The number of rotatable bonds is 6. The molecule has 0 amide bonds. The Labute approximate surface area is 136 Å². The van der Waals surface area contributed by atoms with Crippen molar-refractivity contribution in [3.8, 4) is 0 Å². The number of carbonyl (C=O) groups is 1. The Morgan fingerprint density at radius 3 is 1.45 bits per heavy atom. The molecule has 0 aliphatic carbocycles. The largest absolute Gasteiger partial charge is 0.297 e. The second-order valence-corrected chi connectivity index (χ2v) is 6.93. The maximum absolute atomic E-state index is 12.4. The van der Waals surface area contributed by atoms with Crippen molar-refractivity contribution in [2.75, 3.05) is 0 Å². The number of Topliss-reactive ketones (excluding diaryl/α,β-unsaturated/α-hetero) is 1. The highest BCUT2D eigenvalue weighted by atomic mass is 79.9. The lowest BCUT2D eigenvalue weighted by Gasteiger charge is -2.14. The summed E-state index contributed by atoms with van der Waals surface area (Å²) in [5.74, 6) is 0.192. The van der Waals surface area contributed by atoms with Gasteiger partial charge in [-0.2, -0.15) is 0 Å². The molecule has 2 atom stereocenters. The molecular weight excluding hydrogens is 380 g/mol. The minimum absolute atomic E-state index is 0.155. The van der Waals surface area contributed by atoms with Crippen molar-refractivity contribution in [2.24, 2.45) is 0 Å². The van der Waals surface area contributed by atoms with Gasteiger partial charge in [0.2, 0.25) is 0 Å². The molecule has 2 aromatic carbocycles. The highest BCUT2D eigenvalue weighted by Crippen LogP contribution is 2.19. The minimum Gasteiger partial charge on any atom is -0.297 e. The van der Waals surface area contributed by atoms with E-state index in [-0.39, 0.29) is 15.4 Å². The quantitative estimate of drug-likeness (QED) is 0.655. The summed E-state index contributed by atoms with van der Waals surface area (Å²) in [6, 6.07) is 20.1. The van der Waals surface area contributed by atoms with E-state index in [2.05, 4.69) is 31.9 Å². The van der Waals surface area contributed by atoms with Gasteiger partial charge in [-0.05, 0) is 24.0 Å². The van der Waals surface area contributed by atoms with Gasteiger partial charge in [0.1, 0.15) is 0 Å². The first-order valence-corrected chi connectivity index (χ1v) is 8.39. The number of ketones is 1. The Bertz CT molecular complexity index is 490. The Morgan fingerprint density at radius 1 is 0.750 bits per heavy atom. The zero-order valence-electron chi connectivity index (χ0n) is 11.0. The van der Waals surface area contributed by atoms with Crippen LogP contribution in [0.5, 0.6) is 0 Å². The molecule has 2 unspecified atom stereocenters. The summed E-state index contributed by atoms with van der Waals surface area (Å²) >= 11 is 7.03. The average molecular weight is 396 g/mol. The van der Waals surface area contributed by atoms with Crippen LogP contribution in [0.1, 0.15) is 11.1 Å². The van der Waals surface area contributed by atoms with E-state index in [9.17, 15) is 4.79 Å². The summed E-state index contributed by atoms with van der Waals surface area (Å²) in [7, 11) is 0. The van der Waals surface area contributed by atoms with Crippen LogP contribution < -0.4 is 0 Å². The molecular formula is C17H16Br2O. The van der Waals surface area contributed by atoms with Crippen LogP contribution in [0, 0.1) is 0 Å². The highest BCUT2D eigenvalue weighted by Gasteiger charge is 2.23. The van der Waals surface area contributed by atoms with Crippen LogP contribution in [0.15, 0.2) is 60.7 Å². The van der Waals surface area contributed by atoms with Gasteiger partial charge in [0.25, 0.3) is 0 Å². The van der Waals surface area contributed by atoms with E-state index in [0.29, 0.717) is 0 Å². The molecule has 0 aliphatic rings. The van der Waals surface area contributed by atoms with Crippen molar-refractivity contribution < 1.29 is 4.79 Å². The molecule has 0 saturated heterocycles. The van der Waals surface area contributed by atoms with E-state index >= 15 is 0 Å². The van der Waals surface area contributed by atoms with Gasteiger partial charge in [-0.25, -0.2) is 0 Å². The second-order valence-electron chi connectivity index (χ2n) is 4.72. The van der Waals surface area contributed by atoms with E-state index < -0.39 is 0 Å². The predicted molar refractivity (Wildman–Crippen MR) is 90.7 cm³/mol. The van der Waals surface area contributed by atoms with Crippen molar-refractivity contribution >= 4 is 37.6 Å². The lowest BCUT2D eigenvalue weighted by Crippen LogP contribution is -2.27. The molecule has 0 N–H and O–H groups in total. The molecule has 0 fully saturated rings. The number of alkyl halides is 2. The summed E-state index contributed by atoms with van der Waals surface area (Å²) in [4.78, 5) is 12.0. The van der Waals surface area contributed by atoms with E-state index in [4.69, 9.17) is 0 Å². The number of halogens is 2. The van der Waals surface area contributed by atoms with E-state index in [1.165, 1.54) is 11.1 Å². The van der Waals surface area contributed by atoms with E-state index in [0.717, 1.165) is 12.8 Å². The number of hydrogen-bond donors (Lipinski definition) is 0. The first kappa shape index (κ1) is 15.5. The SMILES string of the molecule is O=C(C(Br)Cc1ccccc1)C(Br)Cc1ccccc1. The zero-order chi connectivity index (χ0) is 14.4. The van der Waals surface area contributed by atoms with Gasteiger partial charge in [-0.1, -0.05) is 92.5 Å². The predicted octanol–water partition coefficient (Wildman–Crippen LogP) is 4.57. The van der Waals surface area contributed by atoms with Gasteiger partial charge in [0.15, 0.2) is 5.78 Å². The maximum atomic E-state index is 12.4. The standard InChI is InChI=1S/C17H16Br2O/c18-15(11-13-7-3-1-4-8-13)17(20)16(19)12-14-9-5-2-6-10-14/h1-10,15-16H,11-12H2. The van der Waals surface area contributed by atoms with Crippen LogP contribution in [0.2, 0.25) is 0 Å². The van der Waals surface area contributed by atoms with Gasteiger partial charge < -0.3 is 0 Å². The molecule has 0 spiro atoms. The second kappa shape index (κ2) is 7.75. The molecule has 1 nitrogen and oxygen atoms in total. The fraction of sp³-hybridized carbons (Fsp3) is 0.235. The first-order valence-electron chi connectivity index (χ1n) is 6.56. The van der Waals surface area contributed by atoms with Crippen LogP contribution in [-0.4, -0.2) is 15.4 Å². The highest BCUT2D eigenvalue weighted by molar-refractivity contribution is 9.10. The maximum Gasteiger partial charge on any atom is 0.160 e. The Morgan fingerprint density at radius 2 is 1.10 bits per heavy atom. The van der Waals surface area contributed by atoms with E-state index in [1.807, 2.05) is 60.7 Å². The summed E-state index contributed by atoms with van der Waals surface area (Å²) in [5.41, 5.74) is 2.34. The number of benzene rings is 2. The van der Waals surface area contributed by atoms with E-state index in [1.54, 1.807) is 0 Å². The first-order chi connectivity index (χ1) is 9.66. The lowest BCUT2D eigenvalue weighted by molar-refractivity contribution is -0.117. The molecule has 2 rings (SSSR count). The molecule has 2 aromatic rings. The fourth-order valence-electron chi connectivity index (χ4n) is 2.04. The van der Waals surface area contributed by atoms with Gasteiger partial charge in [0.05, 0.1) is 9.65 Å². The summed E-state index contributed by atoms with van der Waals surface area (Å²) < 4.78 is 0. The smallest absolute Gasteiger partial charge is 0.160 e. The van der Waals surface area contributed by atoms with Crippen molar-refractivity contribution in [1.82, 2.24) is 0 Å². The van der Waals surface area contributed by atoms with Crippen LogP contribution in [0.3, 0.4) is 0 Å². The van der Waals surface area contributed by atoms with Gasteiger partial charge in [-0.3, -0.25) is 4.79 Å². The van der Waals surface area contributed by atoms with Crippen LogP contribution in [0.25, 0.3) is 0 Å². The molecule has 0 heterocycles. The fourth-order valence-corrected chi connectivity index (χ4v) is 3.78. The average Bonchev–Trinajstić information content (AvgIpc) is 2.48. The normalized spacial score (nSPS) is 13.7. The van der Waals surface area contributed by atoms with Gasteiger partial charge >= 0.3 is 0 Å². The Kier molecular flexibility index (Phi) is 5.99. The topological polar surface area (TPSA) is 17.1 Å². The monoisotopic (exact) mass is 394 g/mol. The minimum atomic E-state index is -0.155. The van der Waals surface area contributed by atoms with Gasteiger partial charge in [0, 0.05) is 0 Å². The molecule has 3 heteroatoms. The molecule has 0 aliphatic heterocycles. The van der Waals surface area contributed by atoms with Crippen molar-refractivity contribution in [2.45, 2.75) is 22.5 Å². The third kappa shape index (κ3) is 4.57. The summed E-state index contributed by atoms with van der Waals surface area (Å²) in [5, 5.41) is 0.